The number of nitrogens with one attached hydrogen (secondary N) is 3. The summed E-state index contributed by atoms with van der Waals surface area (Å²) < 4.78 is 5.53. The number of hydrazine groups is 1. The maximum Gasteiger partial charge on any atom is 0.312 e. The predicted octanol–water partition coefficient (Wildman–Crippen LogP) is 1.29. The first-order chi connectivity index (χ1) is 11.9. The minimum absolute atomic E-state index is 0.116. The van der Waals surface area contributed by atoms with Crippen molar-refractivity contribution in [2.24, 2.45) is 5.73 Å². The van der Waals surface area contributed by atoms with E-state index in [1.165, 1.54) is 11.8 Å². The first-order valence-corrected chi connectivity index (χ1v) is 8.96. The number of furan rings is 1. The maximum atomic E-state index is 12.3. The van der Waals surface area contributed by atoms with E-state index in [4.69, 9.17) is 10.2 Å². The molecule has 9 heteroatoms. The van der Waals surface area contributed by atoms with Crippen LogP contribution in [0.4, 0.5) is 4.79 Å². The highest BCUT2D eigenvalue weighted by Gasteiger charge is 2.22. The highest BCUT2D eigenvalue weighted by molar-refractivity contribution is 7.98. The molecule has 0 aliphatic rings. The van der Waals surface area contributed by atoms with Crippen molar-refractivity contribution in [3.05, 3.63) is 35.6 Å². The van der Waals surface area contributed by atoms with Gasteiger partial charge in [-0.15, -0.1) is 0 Å². The van der Waals surface area contributed by atoms with Gasteiger partial charge >= 0.3 is 11.9 Å². The second-order valence-corrected chi connectivity index (χ2v) is 6.32. The lowest BCUT2D eigenvalue weighted by atomic mass is 10.1. The van der Waals surface area contributed by atoms with E-state index in [0.717, 1.165) is 5.39 Å². The van der Waals surface area contributed by atoms with Crippen molar-refractivity contribution >= 4 is 40.6 Å². The van der Waals surface area contributed by atoms with Crippen LogP contribution in [-0.2, 0) is 4.79 Å². The van der Waals surface area contributed by atoms with Crippen molar-refractivity contribution in [3.8, 4) is 0 Å². The molecule has 0 unspecified atom stereocenters. The summed E-state index contributed by atoms with van der Waals surface area (Å²) in [5, 5.41) is 3.18. The number of para-hydroxylation sites is 1. The largest absolute Gasteiger partial charge is 0.451 e. The monoisotopic (exact) mass is 364 g/mol. The number of benzene rings is 1. The molecule has 0 spiro atoms. The molecule has 134 valence electrons. The Balaban J connectivity index is 2.02. The molecule has 25 heavy (non-hydrogen) atoms. The van der Waals surface area contributed by atoms with E-state index in [2.05, 4.69) is 16.2 Å². The van der Waals surface area contributed by atoms with Gasteiger partial charge in [0.25, 0.3) is 5.91 Å². The van der Waals surface area contributed by atoms with Crippen LogP contribution in [0.5, 0.6) is 0 Å². The number of hydrogen-bond acceptors (Lipinski definition) is 5. The molecule has 1 aromatic heterocycles. The van der Waals surface area contributed by atoms with E-state index in [1.807, 2.05) is 18.4 Å². The number of amides is 4. The van der Waals surface area contributed by atoms with Crippen molar-refractivity contribution in [1.29, 1.82) is 0 Å². The lowest BCUT2D eigenvalue weighted by Gasteiger charge is -2.16. The molecule has 2 rings (SSSR count). The number of urea groups is 1. The zero-order chi connectivity index (χ0) is 18.4. The fourth-order valence-corrected chi connectivity index (χ4v) is 2.80. The van der Waals surface area contributed by atoms with Crippen molar-refractivity contribution < 1.29 is 18.8 Å². The van der Waals surface area contributed by atoms with Gasteiger partial charge in [-0.05, 0) is 31.4 Å². The number of aryl methyl sites for hydroxylation is 1. The second-order valence-electron chi connectivity index (χ2n) is 5.34. The average Bonchev–Trinajstić information content (AvgIpc) is 2.93. The molecule has 8 nitrogen and oxygen atoms in total. The first-order valence-electron chi connectivity index (χ1n) is 7.57. The van der Waals surface area contributed by atoms with Crippen LogP contribution in [0.3, 0.4) is 0 Å². The van der Waals surface area contributed by atoms with E-state index in [-0.39, 0.29) is 5.76 Å². The van der Waals surface area contributed by atoms with Crippen molar-refractivity contribution in [2.75, 3.05) is 12.0 Å². The van der Waals surface area contributed by atoms with Crippen LogP contribution in [-0.4, -0.2) is 35.9 Å². The van der Waals surface area contributed by atoms with Crippen LogP contribution >= 0.6 is 11.8 Å². The van der Waals surface area contributed by atoms with E-state index in [0.29, 0.717) is 23.3 Å². The minimum atomic E-state index is -0.831. The Labute approximate surface area is 148 Å². The Bertz CT molecular complexity index is 790. The zero-order valence-electron chi connectivity index (χ0n) is 13.9. The van der Waals surface area contributed by atoms with E-state index >= 15 is 0 Å². The van der Waals surface area contributed by atoms with Gasteiger partial charge in [0.2, 0.25) is 0 Å². The third-order valence-corrected chi connectivity index (χ3v) is 4.24. The number of thioether (sulfide) groups is 1. The van der Waals surface area contributed by atoms with Crippen LogP contribution in [0.25, 0.3) is 11.0 Å². The van der Waals surface area contributed by atoms with Gasteiger partial charge in [0.15, 0.2) is 5.76 Å². The smallest absolute Gasteiger partial charge is 0.312 e. The molecule has 0 aliphatic carbocycles. The summed E-state index contributed by atoms with van der Waals surface area (Å²) in [6, 6.07) is 5.62. The Morgan fingerprint density at radius 3 is 2.60 bits per heavy atom. The number of hydrogen-bond donors (Lipinski definition) is 4. The van der Waals surface area contributed by atoms with Crippen LogP contribution in [0, 0.1) is 6.92 Å². The van der Waals surface area contributed by atoms with Gasteiger partial charge in [-0.3, -0.25) is 20.4 Å². The van der Waals surface area contributed by atoms with Crippen LogP contribution in [0.1, 0.15) is 22.5 Å². The highest BCUT2D eigenvalue weighted by Crippen LogP contribution is 2.24. The number of carbonyl (C=O) groups excluding carboxylic acids is 3. The summed E-state index contributed by atoms with van der Waals surface area (Å²) in [5.41, 5.74) is 10.9. The van der Waals surface area contributed by atoms with Crippen molar-refractivity contribution in [1.82, 2.24) is 16.2 Å². The van der Waals surface area contributed by atoms with Crippen molar-refractivity contribution in [3.63, 3.8) is 0 Å². The Hall–Kier alpha value is -2.68. The average molecular weight is 364 g/mol. The second kappa shape index (κ2) is 8.43. The lowest BCUT2D eigenvalue weighted by molar-refractivity contribution is -0.123. The number of rotatable bonds is 6. The molecular weight excluding hydrogens is 344 g/mol. The molecule has 0 radical (unpaired) electrons. The van der Waals surface area contributed by atoms with Gasteiger partial charge < -0.3 is 15.5 Å². The Kier molecular flexibility index (Phi) is 6.29. The van der Waals surface area contributed by atoms with Crippen LogP contribution in [0.2, 0.25) is 0 Å². The molecule has 2 aromatic rings. The molecule has 5 N–H and O–H groups in total. The van der Waals surface area contributed by atoms with E-state index in [9.17, 15) is 14.4 Å². The standard InChI is InChI=1S/C16H20N4O4S/c1-9-10-5-3-4-6-12(10)24-13(9)15(22)20-19-14(21)11(7-8-25-2)18-16(17)23/h3-6,11H,7-8H2,1-2H3,(H,19,21)(H,20,22)(H3,17,18,23)/t11-/m0/s1. The number of nitrogens with two attached hydrogens (primary N) is 1. The molecule has 1 atom stereocenters. The number of carbonyl (C=O) groups is 3. The number of fused-ring (bicyclic) bond motifs is 1. The SMILES string of the molecule is CSCC[C@H](NC(N)=O)C(=O)NNC(=O)c1oc2ccccc2c1C. The predicted molar refractivity (Wildman–Crippen MR) is 96.1 cm³/mol. The molecule has 0 saturated carbocycles. The normalized spacial score (nSPS) is 11.8. The highest BCUT2D eigenvalue weighted by atomic mass is 32.2. The third kappa shape index (κ3) is 4.66. The summed E-state index contributed by atoms with van der Waals surface area (Å²) in [6.07, 6.45) is 2.26. The zero-order valence-corrected chi connectivity index (χ0v) is 14.7. The van der Waals surface area contributed by atoms with Gasteiger partial charge in [0.05, 0.1) is 0 Å². The Morgan fingerprint density at radius 1 is 1.24 bits per heavy atom. The first kappa shape index (κ1) is 18.7. The summed E-state index contributed by atoms with van der Waals surface area (Å²) >= 11 is 1.53. The summed E-state index contributed by atoms with van der Waals surface area (Å²) in [7, 11) is 0. The van der Waals surface area contributed by atoms with E-state index < -0.39 is 23.9 Å². The van der Waals surface area contributed by atoms with Gasteiger partial charge in [-0.25, -0.2) is 4.79 Å². The topological polar surface area (TPSA) is 126 Å². The van der Waals surface area contributed by atoms with Crippen molar-refractivity contribution in [2.45, 2.75) is 19.4 Å². The summed E-state index contributed by atoms with van der Waals surface area (Å²) in [5.74, 6) is -0.376. The minimum Gasteiger partial charge on any atom is -0.451 e. The molecule has 0 saturated heterocycles. The third-order valence-electron chi connectivity index (χ3n) is 3.59. The van der Waals surface area contributed by atoms with Crippen LogP contribution < -0.4 is 21.9 Å². The molecule has 0 bridgehead atoms. The van der Waals surface area contributed by atoms with Gasteiger partial charge in [0.1, 0.15) is 11.6 Å². The molecule has 1 heterocycles. The molecule has 0 fully saturated rings. The summed E-state index contributed by atoms with van der Waals surface area (Å²) in [6.45, 7) is 1.76. The van der Waals surface area contributed by atoms with Gasteiger partial charge in [-0.1, -0.05) is 18.2 Å². The molecule has 1 aromatic carbocycles. The lowest BCUT2D eigenvalue weighted by Crippen LogP contribution is -2.53. The van der Waals surface area contributed by atoms with E-state index in [1.54, 1.807) is 19.1 Å². The summed E-state index contributed by atoms with van der Waals surface area (Å²) in [4.78, 5) is 35.4. The maximum absolute atomic E-state index is 12.3. The van der Waals surface area contributed by atoms with Crippen LogP contribution in [0.15, 0.2) is 28.7 Å². The quantitative estimate of drug-likeness (QED) is 0.575. The molecule has 0 aliphatic heterocycles. The molecule has 4 amide bonds. The van der Waals surface area contributed by atoms with Gasteiger partial charge in [0, 0.05) is 10.9 Å². The molecular formula is C16H20N4O4S. The van der Waals surface area contributed by atoms with Gasteiger partial charge in [-0.2, -0.15) is 11.8 Å². The number of primary amides is 1. The fraction of sp³-hybridized carbons (Fsp3) is 0.312. The fourth-order valence-electron chi connectivity index (χ4n) is 2.33. The Morgan fingerprint density at radius 2 is 1.96 bits per heavy atom.